The quantitative estimate of drug-likeness (QED) is 0.119. The Bertz CT molecular complexity index is 2870. The van der Waals surface area contributed by atoms with Crippen LogP contribution < -0.4 is 9.80 Å². The van der Waals surface area contributed by atoms with Crippen LogP contribution in [0.2, 0.25) is 20.1 Å². The summed E-state index contributed by atoms with van der Waals surface area (Å²) in [5.74, 6) is -1.02. The van der Waals surface area contributed by atoms with Gasteiger partial charge in [0.1, 0.15) is 23.5 Å². The normalized spacial score (nSPS) is 17.4. The van der Waals surface area contributed by atoms with Crippen LogP contribution in [0.5, 0.6) is 0 Å². The first-order valence-electron chi connectivity index (χ1n) is 23.0. The van der Waals surface area contributed by atoms with Crippen LogP contribution in [0.25, 0.3) is 22.5 Å². The van der Waals surface area contributed by atoms with E-state index < -0.39 is 11.9 Å². The molecule has 17 heteroatoms. The highest BCUT2D eigenvalue weighted by Crippen LogP contribution is 2.44. The molecule has 0 radical (unpaired) electrons. The number of aliphatic hydroxyl groups is 1. The summed E-state index contributed by atoms with van der Waals surface area (Å²) in [4.78, 5) is 61.6. The molecule has 4 aromatic carbocycles. The number of fused-ring (bicyclic) bond motifs is 6. The monoisotopic (exact) mass is 1010 g/mol. The highest BCUT2D eigenvalue weighted by atomic mass is 35.5. The average Bonchev–Trinajstić information content (AvgIpc) is 4.15. The van der Waals surface area contributed by atoms with Gasteiger partial charge in [0.15, 0.2) is 11.4 Å². The summed E-state index contributed by atoms with van der Waals surface area (Å²) in [5, 5.41) is 21.6. The van der Waals surface area contributed by atoms with Crippen molar-refractivity contribution in [1.82, 2.24) is 29.4 Å². The topological polar surface area (TPSA) is 137 Å². The van der Waals surface area contributed by atoms with Gasteiger partial charge in [0.25, 0.3) is 23.6 Å². The molecule has 0 bridgehead atoms. The van der Waals surface area contributed by atoms with Crippen molar-refractivity contribution in [3.63, 3.8) is 0 Å². The largest absolute Gasteiger partial charge is 0.396 e. The minimum absolute atomic E-state index is 0. The Hall–Kier alpha value is -5.70. The van der Waals surface area contributed by atoms with Gasteiger partial charge < -0.3 is 14.9 Å². The maximum Gasteiger partial charge on any atom is 0.280 e. The number of aliphatic hydroxyl groups excluding tert-OH is 1. The van der Waals surface area contributed by atoms with E-state index >= 15 is 0 Å². The summed E-state index contributed by atoms with van der Waals surface area (Å²) in [5.41, 5.74) is 6.89. The van der Waals surface area contributed by atoms with E-state index in [9.17, 15) is 24.3 Å². The van der Waals surface area contributed by atoms with E-state index in [1.54, 1.807) is 27.6 Å². The molecule has 4 aliphatic rings. The van der Waals surface area contributed by atoms with Gasteiger partial charge in [-0.25, -0.2) is 0 Å². The molecule has 0 aliphatic carbocycles. The third-order valence-corrected chi connectivity index (χ3v) is 14.0. The van der Waals surface area contributed by atoms with E-state index in [0.29, 0.717) is 99.8 Å². The number of imide groups is 2. The van der Waals surface area contributed by atoms with Gasteiger partial charge in [0, 0.05) is 59.0 Å². The molecule has 2 atom stereocenters. The van der Waals surface area contributed by atoms with Crippen molar-refractivity contribution >= 4 is 81.4 Å². The Morgan fingerprint density at radius 3 is 1.62 bits per heavy atom. The van der Waals surface area contributed by atoms with Gasteiger partial charge in [-0.05, 0) is 92.1 Å². The molecule has 2 aromatic heterocycles. The van der Waals surface area contributed by atoms with Crippen LogP contribution in [-0.2, 0) is 22.7 Å². The van der Waals surface area contributed by atoms with Crippen molar-refractivity contribution in [2.45, 2.75) is 84.5 Å². The summed E-state index contributed by atoms with van der Waals surface area (Å²) < 4.78 is 3.41. The lowest BCUT2D eigenvalue weighted by Crippen LogP contribution is -2.46. The predicted molar refractivity (Wildman–Crippen MR) is 273 cm³/mol. The number of unbranched alkanes of at least 4 members (excludes halogenated alkanes) is 1. The zero-order chi connectivity index (χ0) is 47.6. The van der Waals surface area contributed by atoms with Crippen LogP contribution >= 0.6 is 46.4 Å². The molecule has 2 saturated heterocycles. The maximum absolute atomic E-state index is 13.9. The van der Waals surface area contributed by atoms with Gasteiger partial charge in [-0.2, -0.15) is 10.2 Å². The molecule has 2 unspecified atom stereocenters. The fraction of sp³-hybridized carbons (Fsp3) is 0.346. The van der Waals surface area contributed by atoms with Gasteiger partial charge in [0.2, 0.25) is 0 Å². The van der Waals surface area contributed by atoms with Gasteiger partial charge in [-0.1, -0.05) is 122 Å². The molecule has 6 aromatic rings. The Kier molecular flexibility index (Phi) is 15.5. The van der Waals surface area contributed by atoms with Crippen molar-refractivity contribution in [3.8, 4) is 22.5 Å². The molecular formula is C52H54Cl4N8O5. The molecular weight excluding hydrogens is 958 g/mol. The molecule has 360 valence electrons. The minimum Gasteiger partial charge on any atom is -0.396 e. The van der Waals surface area contributed by atoms with Crippen molar-refractivity contribution in [2.24, 2.45) is 0 Å². The third-order valence-electron chi connectivity index (χ3n) is 12.9. The van der Waals surface area contributed by atoms with E-state index in [1.165, 1.54) is 9.80 Å². The highest BCUT2D eigenvalue weighted by molar-refractivity contribution is 6.33. The number of rotatable bonds is 12. The van der Waals surface area contributed by atoms with Crippen LogP contribution in [0.3, 0.4) is 0 Å². The van der Waals surface area contributed by atoms with Crippen molar-refractivity contribution < 1.29 is 24.3 Å². The first-order chi connectivity index (χ1) is 33.0. The fourth-order valence-corrected chi connectivity index (χ4v) is 10.3. The number of amides is 4. The number of nitrogens with zero attached hydrogens (tertiary/aromatic N) is 8. The number of aromatic nitrogens is 4. The van der Waals surface area contributed by atoms with Gasteiger partial charge in [-0.15, -0.1) is 0 Å². The third kappa shape index (κ3) is 9.90. The summed E-state index contributed by atoms with van der Waals surface area (Å²) in [6.07, 6.45) is 5.10. The summed E-state index contributed by atoms with van der Waals surface area (Å²) in [6.45, 7) is 4.60. The molecule has 6 heterocycles. The Balaban J connectivity index is 0.000000183. The molecule has 0 spiro atoms. The average molecular weight is 1010 g/mol. The van der Waals surface area contributed by atoms with Crippen LogP contribution in [0.4, 0.5) is 11.4 Å². The second kappa shape index (κ2) is 21.5. The molecule has 0 saturated carbocycles. The number of carbonyl (C=O) groups excluding carboxylic acids is 4. The van der Waals surface area contributed by atoms with E-state index in [1.807, 2.05) is 83.8 Å². The highest BCUT2D eigenvalue weighted by Gasteiger charge is 2.47. The number of anilines is 2. The SMILES string of the molecule is C.CCCCN1C(=O)c2c(c(-c3ccccc3Cl)nn2Cc2ccc(Cl)cc2)N2CCCC2C1=O.O=C1c2c(c(-c3cccc(Cl)c3)nn2Cc2ccc(Cl)cc2)N2CCCC2C(=O)N1CCCO. The van der Waals surface area contributed by atoms with Crippen LogP contribution in [-0.4, -0.2) is 103 Å². The molecule has 4 amide bonds. The van der Waals surface area contributed by atoms with E-state index in [0.717, 1.165) is 54.4 Å². The first-order valence-corrected chi connectivity index (χ1v) is 24.5. The van der Waals surface area contributed by atoms with Crippen LogP contribution in [0.15, 0.2) is 97.1 Å². The van der Waals surface area contributed by atoms with Crippen molar-refractivity contribution in [2.75, 3.05) is 42.6 Å². The summed E-state index contributed by atoms with van der Waals surface area (Å²) in [6, 6.07) is 29.0. The van der Waals surface area contributed by atoms with Crippen LogP contribution in [0.1, 0.15) is 91.4 Å². The number of hydrogen-bond donors (Lipinski definition) is 1. The Morgan fingerprint density at radius 2 is 1.12 bits per heavy atom. The second-order valence-electron chi connectivity index (χ2n) is 17.4. The molecule has 1 N–H and O–H groups in total. The zero-order valence-corrected chi connectivity index (χ0v) is 40.5. The Morgan fingerprint density at radius 1 is 0.609 bits per heavy atom. The first kappa shape index (κ1) is 49.7. The zero-order valence-electron chi connectivity index (χ0n) is 37.5. The number of halogens is 4. The van der Waals surface area contributed by atoms with Gasteiger partial charge in [0.05, 0.1) is 29.5 Å². The summed E-state index contributed by atoms with van der Waals surface area (Å²) >= 11 is 25.0. The number of benzene rings is 4. The van der Waals surface area contributed by atoms with Gasteiger partial charge in [-0.3, -0.25) is 38.3 Å². The summed E-state index contributed by atoms with van der Waals surface area (Å²) in [7, 11) is 0. The smallest absolute Gasteiger partial charge is 0.280 e. The van der Waals surface area contributed by atoms with Crippen molar-refractivity contribution in [1.29, 1.82) is 0 Å². The molecule has 4 aliphatic heterocycles. The lowest BCUT2D eigenvalue weighted by molar-refractivity contribution is -0.130. The minimum atomic E-state index is -0.435. The standard InChI is InChI=1S/C26H26Cl2N4O2.C25H24Cl2N4O3.CH4/c1-2-3-14-31-25(33)21-9-6-15-30(21)23-22(19-7-4-5-8-20(19)28)29-32(24(23)26(31)34)16-17-10-12-18(27)13-11-17;26-18-9-7-16(8-10-18)15-31-23-22(21(28-31)17-4-1-5-19(27)14-17)29-11-2-6-20(29)24(33)30(25(23)34)12-3-13-32;/h4-5,7-8,10-13,21H,2-3,6,9,14-16H2,1H3;1,4-5,7-10,14,20,32H,2-3,6,11-13,15H2;1H4. The molecule has 13 nitrogen and oxygen atoms in total. The lowest BCUT2D eigenvalue weighted by atomic mass is 10.1. The maximum atomic E-state index is 13.9. The molecule has 10 rings (SSSR count). The van der Waals surface area contributed by atoms with E-state index in [-0.39, 0.29) is 44.3 Å². The van der Waals surface area contributed by atoms with Crippen LogP contribution in [0, 0.1) is 0 Å². The fourth-order valence-electron chi connectivity index (χ4n) is 9.66. The molecule has 69 heavy (non-hydrogen) atoms. The second-order valence-corrected chi connectivity index (χ2v) is 19.1. The lowest BCUT2D eigenvalue weighted by Gasteiger charge is -2.26. The van der Waals surface area contributed by atoms with E-state index in [4.69, 9.17) is 56.6 Å². The van der Waals surface area contributed by atoms with E-state index in [2.05, 4.69) is 11.8 Å². The van der Waals surface area contributed by atoms with Crippen molar-refractivity contribution in [3.05, 3.63) is 140 Å². The predicted octanol–water partition coefficient (Wildman–Crippen LogP) is 10.5. The Labute approximate surface area is 422 Å². The molecule has 2 fully saturated rings. The number of hydrogen-bond acceptors (Lipinski definition) is 9. The number of carbonyl (C=O) groups is 4. The van der Waals surface area contributed by atoms with Gasteiger partial charge >= 0.3 is 0 Å².